The van der Waals surface area contributed by atoms with E-state index >= 15 is 0 Å². The standard InChI is InChI=1S/C25H28N2O5/c1-15(23(28)27-22(24(29)30)16-7-6-8-16)13-26-25(31)32-14-21-19-11-4-2-9-17(19)18-10-3-5-12-20(18)21/h2-5,9-12,15-16,21-22H,6-8,13-14H2,1H3,(H,26,31)(H,27,28)(H,29,30). The smallest absolute Gasteiger partial charge is 0.407 e. The molecule has 0 heterocycles. The van der Waals surface area contributed by atoms with Gasteiger partial charge in [-0.3, -0.25) is 4.79 Å². The number of hydrogen-bond donors (Lipinski definition) is 3. The highest BCUT2D eigenvalue weighted by atomic mass is 16.5. The van der Waals surface area contributed by atoms with Gasteiger partial charge in [0.15, 0.2) is 0 Å². The second-order valence-corrected chi connectivity index (χ2v) is 8.62. The van der Waals surface area contributed by atoms with Crippen LogP contribution in [0.4, 0.5) is 4.79 Å². The van der Waals surface area contributed by atoms with E-state index in [2.05, 4.69) is 34.9 Å². The molecule has 0 spiro atoms. The number of aliphatic carboxylic acids is 1. The van der Waals surface area contributed by atoms with Crippen molar-refractivity contribution in [3.63, 3.8) is 0 Å². The molecule has 2 aromatic carbocycles. The van der Waals surface area contributed by atoms with Crippen molar-refractivity contribution < 1.29 is 24.2 Å². The third-order valence-corrected chi connectivity index (χ3v) is 6.53. The van der Waals surface area contributed by atoms with Crippen LogP contribution in [0, 0.1) is 11.8 Å². The summed E-state index contributed by atoms with van der Waals surface area (Å²) in [5.74, 6) is -2.02. The largest absolute Gasteiger partial charge is 0.480 e. The van der Waals surface area contributed by atoms with E-state index in [1.54, 1.807) is 6.92 Å². The summed E-state index contributed by atoms with van der Waals surface area (Å²) in [6.45, 7) is 1.92. The summed E-state index contributed by atoms with van der Waals surface area (Å²) in [6.07, 6.45) is 2.01. The van der Waals surface area contributed by atoms with Crippen LogP contribution < -0.4 is 10.6 Å². The summed E-state index contributed by atoms with van der Waals surface area (Å²) in [7, 11) is 0. The zero-order valence-corrected chi connectivity index (χ0v) is 18.0. The molecular weight excluding hydrogens is 408 g/mol. The van der Waals surface area contributed by atoms with Crippen LogP contribution in [-0.4, -0.2) is 42.3 Å². The number of alkyl carbamates (subject to hydrolysis) is 1. The Balaban J connectivity index is 1.28. The Bertz CT molecular complexity index is 971. The van der Waals surface area contributed by atoms with E-state index in [0.29, 0.717) is 0 Å². The number of rotatable bonds is 8. The van der Waals surface area contributed by atoms with E-state index in [1.807, 2.05) is 24.3 Å². The topological polar surface area (TPSA) is 105 Å². The fraction of sp³-hybridized carbons (Fsp3) is 0.400. The van der Waals surface area contributed by atoms with E-state index in [4.69, 9.17) is 4.74 Å². The first-order valence-corrected chi connectivity index (χ1v) is 11.1. The van der Waals surface area contributed by atoms with Crippen LogP contribution in [0.1, 0.15) is 43.2 Å². The van der Waals surface area contributed by atoms with Gasteiger partial charge in [-0.25, -0.2) is 9.59 Å². The third kappa shape index (κ3) is 4.47. The lowest BCUT2D eigenvalue weighted by molar-refractivity contribution is -0.145. The van der Waals surface area contributed by atoms with Crippen molar-refractivity contribution in [3.8, 4) is 11.1 Å². The average molecular weight is 437 g/mol. The van der Waals surface area contributed by atoms with Gasteiger partial charge >= 0.3 is 12.1 Å². The molecule has 7 heteroatoms. The number of fused-ring (bicyclic) bond motifs is 3. The van der Waals surface area contributed by atoms with Gasteiger partial charge in [-0.05, 0) is 41.0 Å². The molecule has 4 rings (SSSR count). The number of carbonyl (C=O) groups is 3. The lowest BCUT2D eigenvalue weighted by Crippen LogP contribution is -2.50. The highest BCUT2D eigenvalue weighted by Crippen LogP contribution is 2.44. The molecule has 0 aliphatic heterocycles. The van der Waals surface area contributed by atoms with Crippen molar-refractivity contribution in [2.75, 3.05) is 13.2 Å². The van der Waals surface area contributed by atoms with Crippen molar-refractivity contribution >= 4 is 18.0 Å². The van der Waals surface area contributed by atoms with E-state index < -0.39 is 24.0 Å². The van der Waals surface area contributed by atoms with Crippen LogP contribution in [0.15, 0.2) is 48.5 Å². The number of nitrogens with one attached hydrogen (secondary N) is 2. The molecule has 0 saturated heterocycles. The van der Waals surface area contributed by atoms with E-state index in [-0.39, 0.29) is 30.9 Å². The van der Waals surface area contributed by atoms with Crippen molar-refractivity contribution in [2.24, 2.45) is 11.8 Å². The molecule has 2 unspecified atom stereocenters. The lowest BCUT2D eigenvalue weighted by atomic mass is 9.79. The summed E-state index contributed by atoms with van der Waals surface area (Å²) in [5.41, 5.74) is 4.57. The maximum atomic E-state index is 12.4. The van der Waals surface area contributed by atoms with Gasteiger partial charge in [0, 0.05) is 12.5 Å². The van der Waals surface area contributed by atoms with Gasteiger partial charge < -0.3 is 20.5 Å². The predicted octanol–water partition coefficient (Wildman–Crippen LogP) is 3.53. The van der Waals surface area contributed by atoms with Crippen LogP contribution in [0.25, 0.3) is 11.1 Å². The highest BCUT2D eigenvalue weighted by molar-refractivity contribution is 5.85. The highest BCUT2D eigenvalue weighted by Gasteiger charge is 2.34. The third-order valence-electron chi connectivity index (χ3n) is 6.53. The Morgan fingerprint density at radius 3 is 2.16 bits per heavy atom. The SMILES string of the molecule is CC(CNC(=O)OCC1c2ccccc2-c2ccccc21)C(=O)NC(C(=O)O)C1CCC1. The fourth-order valence-corrected chi connectivity index (χ4v) is 4.43. The maximum absolute atomic E-state index is 12.4. The monoisotopic (exact) mass is 436 g/mol. The van der Waals surface area contributed by atoms with Crippen molar-refractivity contribution in [3.05, 3.63) is 59.7 Å². The van der Waals surface area contributed by atoms with Gasteiger partial charge in [0.25, 0.3) is 0 Å². The summed E-state index contributed by atoms with van der Waals surface area (Å²) in [4.78, 5) is 36.1. The minimum absolute atomic E-state index is 0.0151. The Morgan fingerprint density at radius 2 is 1.62 bits per heavy atom. The number of carbonyl (C=O) groups excluding carboxylic acids is 2. The Kier molecular flexibility index (Phi) is 6.44. The molecule has 2 atom stereocenters. The van der Waals surface area contributed by atoms with Crippen LogP contribution in [0.5, 0.6) is 0 Å². The molecule has 32 heavy (non-hydrogen) atoms. The van der Waals surface area contributed by atoms with Gasteiger partial charge in [0.05, 0.1) is 5.92 Å². The Labute approximate surface area is 187 Å². The first-order valence-electron chi connectivity index (χ1n) is 11.1. The van der Waals surface area contributed by atoms with Crippen molar-refractivity contribution in [1.82, 2.24) is 10.6 Å². The first-order chi connectivity index (χ1) is 15.5. The minimum atomic E-state index is -1.01. The molecule has 1 saturated carbocycles. The van der Waals surface area contributed by atoms with Crippen molar-refractivity contribution in [1.29, 1.82) is 0 Å². The lowest BCUT2D eigenvalue weighted by Gasteiger charge is -2.32. The number of benzene rings is 2. The van der Waals surface area contributed by atoms with Crippen LogP contribution >= 0.6 is 0 Å². The zero-order valence-electron chi connectivity index (χ0n) is 18.0. The van der Waals surface area contributed by atoms with Gasteiger partial charge in [-0.1, -0.05) is 61.9 Å². The molecule has 2 amide bonds. The molecule has 0 radical (unpaired) electrons. The van der Waals surface area contributed by atoms with Crippen LogP contribution in [0.3, 0.4) is 0 Å². The second-order valence-electron chi connectivity index (χ2n) is 8.62. The number of carboxylic acid groups (broad SMARTS) is 1. The first kappa shape index (κ1) is 21.9. The number of amides is 2. The number of ether oxygens (including phenoxy) is 1. The van der Waals surface area contributed by atoms with E-state index in [9.17, 15) is 19.5 Å². The van der Waals surface area contributed by atoms with Crippen LogP contribution in [0.2, 0.25) is 0 Å². The van der Waals surface area contributed by atoms with E-state index in [0.717, 1.165) is 41.5 Å². The molecule has 2 aliphatic carbocycles. The summed E-state index contributed by atoms with van der Waals surface area (Å²) >= 11 is 0. The molecule has 0 bridgehead atoms. The summed E-state index contributed by atoms with van der Waals surface area (Å²) in [5, 5.41) is 14.6. The predicted molar refractivity (Wildman–Crippen MR) is 119 cm³/mol. The van der Waals surface area contributed by atoms with Gasteiger partial charge in [0.1, 0.15) is 12.6 Å². The molecule has 1 fully saturated rings. The summed E-state index contributed by atoms with van der Waals surface area (Å²) in [6, 6.07) is 15.3. The molecule has 168 valence electrons. The van der Waals surface area contributed by atoms with Gasteiger partial charge in [-0.2, -0.15) is 0 Å². The Hall–Kier alpha value is -3.35. The van der Waals surface area contributed by atoms with Crippen LogP contribution in [-0.2, 0) is 14.3 Å². The van der Waals surface area contributed by atoms with Gasteiger partial charge in [-0.15, -0.1) is 0 Å². The minimum Gasteiger partial charge on any atom is -0.480 e. The quantitative estimate of drug-likeness (QED) is 0.587. The molecule has 2 aliphatic rings. The average Bonchev–Trinajstić information content (AvgIpc) is 3.08. The molecule has 2 aromatic rings. The fourth-order valence-electron chi connectivity index (χ4n) is 4.43. The number of hydrogen-bond acceptors (Lipinski definition) is 4. The maximum Gasteiger partial charge on any atom is 0.407 e. The molecule has 0 aromatic heterocycles. The number of carboxylic acids is 1. The normalized spacial score (nSPS) is 16.8. The zero-order chi connectivity index (χ0) is 22.7. The molecule has 3 N–H and O–H groups in total. The van der Waals surface area contributed by atoms with Crippen molar-refractivity contribution in [2.45, 2.75) is 38.1 Å². The Morgan fingerprint density at radius 1 is 1.03 bits per heavy atom. The van der Waals surface area contributed by atoms with Gasteiger partial charge in [0.2, 0.25) is 5.91 Å². The second kappa shape index (κ2) is 9.42. The van der Waals surface area contributed by atoms with E-state index in [1.165, 1.54) is 0 Å². The molecule has 7 nitrogen and oxygen atoms in total. The molecular formula is C25H28N2O5. The summed E-state index contributed by atoms with van der Waals surface area (Å²) < 4.78 is 5.48.